The van der Waals surface area contributed by atoms with Crippen molar-refractivity contribution in [2.45, 2.75) is 19.0 Å². The molecule has 6 nitrogen and oxygen atoms in total. The van der Waals surface area contributed by atoms with Gasteiger partial charge in [-0.1, -0.05) is 12.1 Å². The van der Waals surface area contributed by atoms with Gasteiger partial charge >= 0.3 is 11.6 Å². The lowest BCUT2D eigenvalue weighted by Gasteiger charge is -2.21. The fourth-order valence-electron chi connectivity index (χ4n) is 1.90. The van der Waals surface area contributed by atoms with Gasteiger partial charge in [-0.05, 0) is 0 Å². The first-order valence-corrected chi connectivity index (χ1v) is 5.11. The van der Waals surface area contributed by atoms with E-state index in [1.165, 1.54) is 14.0 Å². The van der Waals surface area contributed by atoms with E-state index >= 15 is 0 Å². The highest BCUT2D eigenvalue weighted by Crippen LogP contribution is 2.13. The Bertz CT molecular complexity index is 553. The monoisotopic (exact) mass is 236 g/mol. The molecule has 0 bridgehead atoms. The molecule has 0 saturated carbocycles. The summed E-state index contributed by atoms with van der Waals surface area (Å²) in [7, 11) is 1.22. The van der Waals surface area contributed by atoms with Gasteiger partial charge < -0.3 is 15.2 Å². The lowest BCUT2D eigenvalue weighted by Crippen LogP contribution is -2.50. The Kier molecular flexibility index (Phi) is 2.49. The van der Waals surface area contributed by atoms with Crippen molar-refractivity contribution in [2.75, 3.05) is 7.11 Å². The third kappa shape index (κ3) is 1.52. The van der Waals surface area contributed by atoms with Gasteiger partial charge in [0.25, 0.3) is 10.7 Å². The highest BCUT2D eigenvalue weighted by molar-refractivity contribution is 5.70. The van der Waals surface area contributed by atoms with Crippen molar-refractivity contribution in [3.63, 3.8) is 0 Å². The van der Waals surface area contributed by atoms with Gasteiger partial charge in [-0.3, -0.25) is 4.79 Å². The molecule has 0 fully saturated rings. The van der Waals surface area contributed by atoms with Crippen molar-refractivity contribution in [3.05, 3.63) is 45.4 Å². The first-order valence-electron chi connectivity index (χ1n) is 5.11. The van der Waals surface area contributed by atoms with Crippen LogP contribution in [0, 0.1) is 10.4 Å². The van der Waals surface area contributed by atoms with Crippen molar-refractivity contribution < 1.29 is 9.53 Å². The lowest BCUT2D eigenvalue weighted by molar-refractivity contribution is -0.142. The zero-order chi connectivity index (χ0) is 12.6. The molecule has 1 aliphatic heterocycles. The number of esters is 1. The molecule has 0 spiro atoms. The molecule has 0 atom stereocenters. The second kappa shape index (κ2) is 3.73. The van der Waals surface area contributed by atoms with Crippen LogP contribution in [0.25, 0.3) is 0 Å². The second-order valence-electron chi connectivity index (χ2n) is 4.05. The van der Waals surface area contributed by atoms with E-state index in [-0.39, 0.29) is 17.1 Å². The van der Waals surface area contributed by atoms with Gasteiger partial charge in [-0.15, -0.1) is 9.48 Å². The average Bonchev–Trinajstić information content (AvgIpc) is 2.53. The van der Waals surface area contributed by atoms with Gasteiger partial charge in [0, 0.05) is 12.1 Å². The smallest absolute Gasteiger partial charge is 0.380 e. The quantitative estimate of drug-likeness (QED) is 0.373. The molecular formula is C11H12N2O4. The lowest BCUT2D eigenvalue weighted by atomic mass is 10.1. The normalized spacial score (nSPS) is 16.8. The van der Waals surface area contributed by atoms with Crippen LogP contribution >= 0.6 is 0 Å². The molecule has 17 heavy (non-hydrogen) atoms. The maximum Gasteiger partial charge on any atom is 0.380 e. The van der Waals surface area contributed by atoms with E-state index < -0.39 is 11.6 Å². The molecule has 0 saturated heterocycles. The fraction of sp³-hybridized carbons (Fsp3) is 0.364. The molecule has 0 aromatic heterocycles. The van der Waals surface area contributed by atoms with Crippen LogP contribution in [0.3, 0.4) is 0 Å². The molecule has 1 heterocycles. The van der Waals surface area contributed by atoms with Crippen molar-refractivity contribution in [2.24, 2.45) is 0 Å². The molecule has 0 unspecified atom stereocenters. The van der Waals surface area contributed by atoms with E-state index in [0.717, 1.165) is 0 Å². The Morgan fingerprint density at radius 3 is 2.18 bits per heavy atom. The number of para-hydroxylation sites is 2. The van der Waals surface area contributed by atoms with Gasteiger partial charge in [0.05, 0.1) is 14.0 Å². The standard InChI is InChI=1S/C11H12N2O4/c1-11(7-10(14)17-2)12(15)8-5-3-4-6-9(8)13(11)16/h3-6H,7H2,1-2H3. The fourth-order valence-corrected chi connectivity index (χ4v) is 1.90. The summed E-state index contributed by atoms with van der Waals surface area (Å²) >= 11 is 0. The molecule has 0 amide bonds. The van der Waals surface area contributed by atoms with E-state index in [9.17, 15) is 15.2 Å². The molecule has 6 heteroatoms. The van der Waals surface area contributed by atoms with E-state index in [0.29, 0.717) is 9.48 Å². The Hall–Kier alpha value is -2.11. The van der Waals surface area contributed by atoms with Crippen LogP contribution in [-0.2, 0) is 9.53 Å². The Morgan fingerprint density at radius 1 is 1.29 bits per heavy atom. The molecule has 1 aromatic carbocycles. The van der Waals surface area contributed by atoms with Crippen molar-refractivity contribution in [3.8, 4) is 0 Å². The van der Waals surface area contributed by atoms with Crippen LogP contribution in [0.1, 0.15) is 13.3 Å². The number of ether oxygens (including phenoxy) is 1. The van der Waals surface area contributed by atoms with Gasteiger partial charge in [-0.2, -0.15) is 0 Å². The van der Waals surface area contributed by atoms with E-state index in [2.05, 4.69) is 4.74 Å². The largest absolute Gasteiger partial charge is 0.618 e. The first-order chi connectivity index (χ1) is 8.00. The van der Waals surface area contributed by atoms with E-state index in [4.69, 9.17) is 0 Å². The zero-order valence-corrected chi connectivity index (χ0v) is 9.54. The summed E-state index contributed by atoms with van der Waals surface area (Å²) in [5.74, 6) is -0.595. The molecule has 0 radical (unpaired) electrons. The van der Waals surface area contributed by atoms with Gasteiger partial charge in [-0.25, -0.2) is 0 Å². The number of hydrogen-bond donors (Lipinski definition) is 0. The summed E-state index contributed by atoms with van der Waals surface area (Å²) in [5.41, 5.74) is -1.48. The number of hydrogen-bond acceptors (Lipinski definition) is 4. The van der Waals surface area contributed by atoms with Crippen molar-refractivity contribution in [1.82, 2.24) is 9.48 Å². The predicted molar refractivity (Wildman–Crippen MR) is 59.9 cm³/mol. The van der Waals surface area contributed by atoms with Crippen molar-refractivity contribution >= 4 is 5.97 Å². The molecule has 90 valence electrons. The topological polar surface area (TPSA) is 78.4 Å². The average molecular weight is 236 g/mol. The van der Waals surface area contributed by atoms with Gasteiger partial charge in [0.1, 0.15) is 0 Å². The Labute approximate surface area is 97.2 Å². The van der Waals surface area contributed by atoms with Crippen LogP contribution < -0.4 is 20.2 Å². The number of hydroxylamine groups is 2. The van der Waals surface area contributed by atoms with Crippen LogP contribution in [0.5, 0.6) is 0 Å². The summed E-state index contributed by atoms with van der Waals surface area (Å²) in [6, 6.07) is 6.44. The van der Waals surface area contributed by atoms with Crippen LogP contribution in [0.4, 0.5) is 0 Å². The van der Waals surface area contributed by atoms with Crippen molar-refractivity contribution in [1.29, 1.82) is 0 Å². The summed E-state index contributed by atoms with van der Waals surface area (Å²) in [5, 5.41) is 24.6. The van der Waals surface area contributed by atoms with Gasteiger partial charge in [0.15, 0.2) is 6.42 Å². The number of fused-ring (bicyclic) bond motifs is 1. The van der Waals surface area contributed by atoms with Crippen LogP contribution in [0.2, 0.25) is 0 Å². The van der Waals surface area contributed by atoms with Crippen LogP contribution in [-0.4, -0.2) is 18.7 Å². The number of carbonyl (C=O) groups excluding carboxylic acids is 1. The second-order valence-corrected chi connectivity index (χ2v) is 4.05. The van der Waals surface area contributed by atoms with E-state index in [1.54, 1.807) is 24.3 Å². The molecule has 1 aliphatic rings. The highest BCUT2D eigenvalue weighted by atomic mass is 16.5. The minimum atomic E-state index is -1.48. The molecule has 2 rings (SSSR count). The Balaban J connectivity index is 2.62. The first kappa shape index (κ1) is 11.4. The third-order valence-electron chi connectivity index (χ3n) is 2.90. The summed E-state index contributed by atoms with van der Waals surface area (Å²) < 4.78 is 5.63. The molecule has 1 aromatic rings. The van der Waals surface area contributed by atoms with Gasteiger partial charge in [0.2, 0.25) is 0 Å². The summed E-state index contributed by atoms with van der Waals surface area (Å²) in [6.07, 6.45) is -0.287. The minimum absolute atomic E-state index is 0.272. The summed E-state index contributed by atoms with van der Waals surface area (Å²) in [4.78, 5) is 11.3. The maximum atomic E-state index is 12.0. The third-order valence-corrected chi connectivity index (χ3v) is 2.90. The SMILES string of the molecule is COC(=O)CC1(C)[N+]([O-])=c2ccccc2=[N+]1[O-]. The molecule has 0 N–H and O–H groups in total. The maximum absolute atomic E-state index is 12.0. The summed E-state index contributed by atoms with van der Waals surface area (Å²) in [6.45, 7) is 1.42. The minimum Gasteiger partial charge on any atom is -0.618 e. The molecular weight excluding hydrogens is 224 g/mol. The zero-order valence-electron chi connectivity index (χ0n) is 9.54. The number of nitrogens with zero attached hydrogens (tertiary/aromatic N) is 2. The van der Waals surface area contributed by atoms with Crippen LogP contribution in [0.15, 0.2) is 24.3 Å². The highest BCUT2D eigenvalue weighted by Gasteiger charge is 2.49. The number of carbonyl (C=O) groups is 1. The number of benzene rings is 1. The number of rotatable bonds is 2. The predicted octanol–water partition coefficient (Wildman–Crippen LogP) is -1.04. The molecule has 0 aliphatic carbocycles. The number of methoxy groups -OCH3 is 1. The Morgan fingerprint density at radius 2 is 1.76 bits per heavy atom. The van der Waals surface area contributed by atoms with E-state index in [1.807, 2.05) is 0 Å².